The van der Waals surface area contributed by atoms with Crippen molar-refractivity contribution >= 4 is 28.3 Å². The molecule has 0 unspecified atom stereocenters. The van der Waals surface area contributed by atoms with Gasteiger partial charge in [0.05, 0.1) is 5.97 Å². The lowest BCUT2D eigenvalue weighted by molar-refractivity contribution is -0.320. The second-order valence-electron chi connectivity index (χ2n) is 8.20. The maximum absolute atomic E-state index is 13.2. The summed E-state index contributed by atoms with van der Waals surface area (Å²) in [6.45, 7) is 5.52. The molecule has 3 aromatic rings. The largest absolute Gasteiger partial charge is 0.546 e. The number of carboxylic acids is 1. The summed E-state index contributed by atoms with van der Waals surface area (Å²) in [6, 6.07) is 21.1. The summed E-state index contributed by atoms with van der Waals surface area (Å²) in [5.41, 5.74) is 0.248. The van der Waals surface area contributed by atoms with E-state index in [1.165, 1.54) is 13.8 Å². The number of hydrogen-bond donors (Lipinski definition) is 0. The molecule has 6 nitrogen and oxygen atoms in total. The second kappa shape index (κ2) is 8.30. The van der Waals surface area contributed by atoms with Crippen LogP contribution in [0.5, 0.6) is 5.75 Å². The maximum atomic E-state index is 13.2. The molecule has 6 heteroatoms. The average molecular weight is 417 g/mol. The molecule has 0 radical (unpaired) electrons. The molecule has 1 heterocycles. The Morgan fingerprint density at radius 1 is 0.903 bits per heavy atom. The van der Waals surface area contributed by atoms with Crippen LogP contribution >= 0.6 is 0 Å². The molecule has 0 bridgehead atoms. The molecular formula is C25H25N2O4-. The summed E-state index contributed by atoms with van der Waals surface area (Å²) in [4.78, 5) is 28.4. The van der Waals surface area contributed by atoms with Gasteiger partial charge in [-0.3, -0.25) is 4.79 Å². The zero-order chi connectivity index (χ0) is 22.0. The van der Waals surface area contributed by atoms with E-state index in [0.29, 0.717) is 31.9 Å². The van der Waals surface area contributed by atoms with Gasteiger partial charge < -0.3 is 24.4 Å². The number of carbonyl (C=O) groups excluding carboxylic acids is 2. The number of benzene rings is 3. The number of ether oxygens (including phenoxy) is 1. The van der Waals surface area contributed by atoms with Crippen molar-refractivity contribution in [3.05, 3.63) is 72.3 Å². The molecule has 160 valence electrons. The first kappa shape index (κ1) is 20.7. The highest BCUT2D eigenvalue weighted by Crippen LogP contribution is 2.26. The standard InChI is InChI=1S/C25H26N2O4/c1-25(2,24(29)30)31-20-10-6-9-19(17-20)26-13-15-27(16-14-26)23(28)22-12-5-8-18-7-3-4-11-21(18)22/h3-12,17H,13-16H2,1-2H3,(H,29,30)/p-1. The summed E-state index contributed by atoms with van der Waals surface area (Å²) in [7, 11) is 0. The molecule has 1 aliphatic heterocycles. The number of fused-ring (bicyclic) bond motifs is 1. The number of carbonyl (C=O) groups is 2. The first-order valence-corrected chi connectivity index (χ1v) is 10.4. The number of aliphatic carboxylic acids is 1. The monoisotopic (exact) mass is 417 g/mol. The Kier molecular flexibility index (Phi) is 5.55. The van der Waals surface area contributed by atoms with Crippen molar-refractivity contribution in [2.45, 2.75) is 19.4 Å². The van der Waals surface area contributed by atoms with Crippen molar-refractivity contribution in [1.82, 2.24) is 4.90 Å². The van der Waals surface area contributed by atoms with Crippen molar-refractivity contribution in [3.63, 3.8) is 0 Å². The predicted molar refractivity (Wildman–Crippen MR) is 118 cm³/mol. The number of anilines is 1. The molecule has 1 aliphatic rings. The van der Waals surface area contributed by atoms with E-state index in [0.717, 1.165) is 22.0 Å². The van der Waals surface area contributed by atoms with Crippen LogP contribution in [0.3, 0.4) is 0 Å². The zero-order valence-electron chi connectivity index (χ0n) is 17.7. The molecule has 31 heavy (non-hydrogen) atoms. The van der Waals surface area contributed by atoms with E-state index in [1.54, 1.807) is 6.07 Å². The first-order chi connectivity index (χ1) is 14.8. The van der Waals surface area contributed by atoms with Crippen molar-refractivity contribution in [3.8, 4) is 5.75 Å². The number of rotatable bonds is 5. The number of amides is 1. The molecule has 0 saturated carbocycles. The van der Waals surface area contributed by atoms with Gasteiger partial charge >= 0.3 is 0 Å². The van der Waals surface area contributed by atoms with Crippen LogP contribution in [-0.2, 0) is 4.79 Å². The van der Waals surface area contributed by atoms with E-state index in [1.807, 2.05) is 65.6 Å². The van der Waals surface area contributed by atoms with Crippen LogP contribution in [0.25, 0.3) is 10.8 Å². The summed E-state index contributed by atoms with van der Waals surface area (Å²) in [5.74, 6) is -0.747. The Balaban J connectivity index is 1.45. The minimum Gasteiger partial charge on any atom is -0.546 e. The molecule has 0 spiro atoms. The van der Waals surface area contributed by atoms with Gasteiger partial charge in [-0.2, -0.15) is 0 Å². The summed E-state index contributed by atoms with van der Waals surface area (Å²) < 4.78 is 5.60. The Hall–Kier alpha value is -3.54. The van der Waals surface area contributed by atoms with Crippen LogP contribution < -0.4 is 14.7 Å². The van der Waals surface area contributed by atoms with Gasteiger partial charge in [-0.1, -0.05) is 42.5 Å². The van der Waals surface area contributed by atoms with Crippen LogP contribution in [0, 0.1) is 0 Å². The molecule has 1 fully saturated rings. The van der Waals surface area contributed by atoms with E-state index in [-0.39, 0.29) is 5.91 Å². The van der Waals surface area contributed by atoms with E-state index in [9.17, 15) is 14.7 Å². The summed E-state index contributed by atoms with van der Waals surface area (Å²) in [5, 5.41) is 13.3. The third-order valence-corrected chi connectivity index (χ3v) is 5.63. The van der Waals surface area contributed by atoms with Crippen molar-refractivity contribution in [1.29, 1.82) is 0 Å². The fourth-order valence-corrected chi connectivity index (χ4v) is 3.83. The second-order valence-corrected chi connectivity index (χ2v) is 8.20. The Labute approximate surface area is 181 Å². The van der Waals surface area contributed by atoms with E-state index >= 15 is 0 Å². The van der Waals surface area contributed by atoms with Gasteiger partial charge in [0, 0.05) is 43.5 Å². The van der Waals surface area contributed by atoms with E-state index in [4.69, 9.17) is 4.74 Å². The van der Waals surface area contributed by atoms with Crippen LogP contribution in [0.2, 0.25) is 0 Å². The van der Waals surface area contributed by atoms with Crippen LogP contribution in [0.1, 0.15) is 24.2 Å². The van der Waals surface area contributed by atoms with Crippen molar-refractivity contribution < 1.29 is 19.4 Å². The van der Waals surface area contributed by atoms with Crippen LogP contribution in [0.15, 0.2) is 66.7 Å². The molecule has 0 atom stereocenters. The summed E-state index contributed by atoms with van der Waals surface area (Å²) >= 11 is 0. The predicted octanol–water partition coefficient (Wildman–Crippen LogP) is 2.71. The topological polar surface area (TPSA) is 72.9 Å². The third kappa shape index (κ3) is 4.33. The van der Waals surface area contributed by atoms with Gasteiger partial charge in [-0.25, -0.2) is 0 Å². The minimum absolute atomic E-state index is 0.0456. The van der Waals surface area contributed by atoms with Crippen LogP contribution in [0.4, 0.5) is 5.69 Å². The quantitative estimate of drug-likeness (QED) is 0.638. The minimum atomic E-state index is -1.41. The molecule has 1 saturated heterocycles. The Morgan fingerprint density at radius 3 is 2.32 bits per heavy atom. The number of piperazine rings is 1. The average Bonchev–Trinajstić information content (AvgIpc) is 2.78. The number of carboxylic acid groups (broad SMARTS) is 1. The fraction of sp³-hybridized carbons (Fsp3) is 0.280. The normalized spacial score (nSPS) is 14.5. The molecule has 3 aromatic carbocycles. The zero-order valence-corrected chi connectivity index (χ0v) is 17.7. The van der Waals surface area contributed by atoms with Crippen molar-refractivity contribution in [2.75, 3.05) is 31.1 Å². The smallest absolute Gasteiger partial charge is 0.254 e. The molecule has 0 aliphatic carbocycles. The molecule has 1 amide bonds. The molecule has 0 N–H and O–H groups in total. The highest BCUT2D eigenvalue weighted by atomic mass is 16.5. The van der Waals surface area contributed by atoms with Gasteiger partial charge in [0.2, 0.25) is 0 Å². The highest BCUT2D eigenvalue weighted by molar-refractivity contribution is 6.07. The third-order valence-electron chi connectivity index (χ3n) is 5.63. The maximum Gasteiger partial charge on any atom is 0.254 e. The molecule has 4 rings (SSSR count). The van der Waals surface area contributed by atoms with E-state index in [2.05, 4.69) is 4.90 Å². The Morgan fingerprint density at radius 2 is 1.58 bits per heavy atom. The highest BCUT2D eigenvalue weighted by Gasteiger charge is 2.25. The Bertz CT molecular complexity index is 1110. The van der Waals surface area contributed by atoms with Gasteiger partial charge in [-0.05, 0) is 42.8 Å². The van der Waals surface area contributed by atoms with Gasteiger partial charge in [0.1, 0.15) is 11.4 Å². The van der Waals surface area contributed by atoms with Crippen molar-refractivity contribution in [2.24, 2.45) is 0 Å². The lowest BCUT2D eigenvalue weighted by Crippen LogP contribution is -2.49. The number of hydrogen-bond acceptors (Lipinski definition) is 5. The number of nitrogens with zero attached hydrogens (tertiary/aromatic N) is 2. The lowest BCUT2D eigenvalue weighted by Gasteiger charge is -2.36. The summed E-state index contributed by atoms with van der Waals surface area (Å²) in [6.07, 6.45) is 0. The van der Waals surface area contributed by atoms with Gasteiger partial charge in [0.25, 0.3) is 5.91 Å². The first-order valence-electron chi connectivity index (χ1n) is 10.4. The van der Waals surface area contributed by atoms with Crippen LogP contribution in [-0.4, -0.2) is 48.6 Å². The molecule has 0 aromatic heterocycles. The van der Waals surface area contributed by atoms with E-state index < -0.39 is 11.6 Å². The lowest BCUT2D eigenvalue weighted by atomic mass is 10.0. The molecular weight excluding hydrogens is 392 g/mol. The van der Waals surface area contributed by atoms with Gasteiger partial charge in [-0.15, -0.1) is 0 Å². The fourth-order valence-electron chi connectivity index (χ4n) is 3.83. The van der Waals surface area contributed by atoms with Gasteiger partial charge in [0.15, 0.2) is 0 Å². The SMILES string of the molecule is CC(C)(Oc1cccc(N2CCN(C(=O)c3cccc4ccccc34)CC2)c1)C(=O)[O-].